The van der Waals surface area contributed by atoms with Gasteiger partial charge in [-0.25, -0.2) is 13.2 Å². The van der Waals surface area contributed by atoms with Crippen LogP contribution in [-0.2, 0) is 10.0 Å². The second-order valence-electron chi connectivity index (χ2n) is 4.64. The van der Waals surface area contributed by atoms with Crippen LogP contribution in [0.25, 0.3) is 0 Å². The van der Waals surface area contributed by atoms with Crippen LogP contribution in [-0.4, -0.2) is 19.5 Å². The Labute approximate surface area is 122 Å². The number of aromatic carboxylic acids is 1. The van der Waals surface area contributed by atoms with E-state index in [1.165, 1.54) is 13.8 Å². The lowest BCUT2D eigenvalue weighted by Crippen LogP contribution is -2.17. The Morgan fingerprint density at radius 2 is 1.76 bits per heavy atom. The first kappa shape index (κ1) is 15.1. The van der Waals surface area contributed by atoms with E-state index < -0.39 is 16.0 Å². The molecule has 1 aromatic carbocycles. The van der Waals surface area contributed by atoms with E-state index in [0.717, 1.165) is 5.56 Å². The summed E-state index contributed by atoms with van der Waals surface area (Å²) in [6, 6.07) is 6.83. The zero-order valence-corrected chi connectivity index (χ0v) is 12.6. The third-order valence-corrected chi connectivity index (χ3v) is 4.59. The van der Waals surface area contributed by atoms with Crippen molar-refractivity contribution in [3.05, 3.63) is 46.9 Å². The highest BCUT2D eigenvalue weighted by molar-refractivity contribution is 7.92. The highest BCUT2D eigenvalue weighted by atomic mass is 32.2. The lowest BCUT2D eigenvalue weighted by atomic mass is 10.2. The summed E-state index contributed by atoms with van der Waals surface area (Å²) in [5, 5.41) is 9.19. The maximum atomic E-state index is 12.5. The molecule has 2 aromatic rings. The van der Waals surface area contributed by atoms with Gasteiger partial charge in [0.2, 0.25) is 0 Å². The summed E-state index contributed by atoms with van der Waals surface area (Å²) in [7, 11) is -4.05. The summed E-state index contributed by atoms with van der Waals surface area (Å²) >= 11 is 0. The minimum Gasteiger partial charge on any atom is -0.478 e. The topological polar surface area (TPSA) is 96.6 Å². The predicted molar refractivity (Wildman–Crippen MR) is 77.1 cm³/mol. The van der Waals surface area contributed by atoms with Crippen LogP contribution < -0.4 is 4.72 Å². The molecule has 0 amide bonds. The summed E-state index contributed by atoms with van der Waals surface area (Å²) in [5.74, 6) is -1.23. The van der Waals surface area contributed by atoms with Gasteiger partial charge in [0.15, 0.2) is 0 Å². The molecule has 2 rings (SSSR count). The second-order valence-corrected chi connectivity index (χ2v) is 6.26. The fourth-order valence-corrected chi connectivity index (χ4v) is 3.66. The highest BCUT2D eigenvalue weighted by Crippen LogP contribution is 2.29. The molecule has 7 heteroatoms. The van der Waals surface area contributed by atoms with E-state index in [9.17, 15) is 18.3 Å². The molecule has 0 aliphatic rings. The smallest absolute Gasteiger partial charge is 0.340 e. The van der Waals surface area contributed by atoms with Gasteiger partial charge in [0.25, 0.3) is 10.0 Å². The van der Waals surface area contributed by atoms with Crippen LogP contribution in [0.4, 0.5) is 5.69 Å². The Balaban J connectivity index is 2.56. The minimum absolute atomic E-state index is 0.0472. The summed E-state index contributed by atoms with van der Waals surface area (Å²) in [6.45, 7) is 4.60. The van der Waals surface area contributed by atoms with Gasteiger partial charge in [-0.15, -0.1) is 0 Å². The molecule has 6 nitrogen and oxygen atoms in total. The molecule has 0 aliphatic heterocycles. The monoisotopic (exact) mass is 309 g/mol. The van der Waals surface area contributed by atoms with Crippen LogP contribution in [0.2, 0.25) is 0 Å². The minimum atomic E-state index is -4.05. The molecule has 21 heavy (non-hydrogen) atoms. The van der Waals surface area contributed by atoms with Crippen molar-refractivity contribution in [2.24, 2.45) is 0 Å². The van der Waals surface area contributed by atoms with Crippen molar-refractivity contribution in [3.8, 4) is 0 Å². The van der Waals surface area contributed by atoms with E-state index in [1.807, 2.05) is 0 Å². The molecule has 112 valence electrons. The molecule has 2 N–H and O–H groups in total. The van der Waals surface area contributed by atoms with Crippen LogP contribution in [0.15, 0.2) is 33.6 Å². The highest BCUT2D eigenvalue weighted by Gasteiger charge is 2.31. The van der Waals surface area contributed by atoms with Gasteiger partial charge in [-0.1, -0.05) is 18.2 Å². The average molecular weight is 309 g/mol. The number of carbonyl (C=O) groups is 1. The van der Waals surface area contributed by atoms with Crippen LogP contribution in [0, 0.1) is 20.8 Å². The number of hydrogen-bond acceptors (Lipinski definition) is 4. The number of carboxylic acid groups (broad SMARTS) is 1. The Hall–Kier alpha value is -2.28. The molecular formula is C14H15NO5S. The number of anilines is 1. The van der Waals surface area contributed by atoms with E-state index >= 15 is 0 Å². The second kappa shape index (κ2) is 5.25. The first-order valence-electron chi connectivity index (χ1n) is 6.15. The van der Waals surface area contributed by atoms with Gasteiger partial charge >= 0.3 is 5.97 Å². The number of para-hydroxylation sites is 1. The number of benzene rings is 1. The molecular weight excluding hydrogens is 294 g/mol. The van der Waals surface area contributed by atoms with Gasteiger partial charge < -0.3 is 9.52 Å². The first-order valence-corrected chi connectivity index (χ1v) is 7.64. The van der Waals surface area contributed by atoms with E-state index in [0.29, 0.717) is 5.69 Å². The van der Waals surface area contributed by atoms with Gasteiger partial charge in [0, 0.05) is 0 Å². The molecule has 1 heterocycles. The lowest BCUT2D eigenvalue weighted by Gasteiger charge is -2.10. The molecule has 0 atom stereocenters. The van der Waals surface area contributed by atoms with E-state index in [2.05, 4.69) is 4.72 Å². The van der Waals surface area contributed by atoms with Gasteiger partial charge in [-0.05, 0) is 32.4 Å². The van der Waals surface area contributed by atoms with Crippen LogP contribution in [0.3, 0.4) is 0 Å². The van der Waals surface area contributed by atoms with Crippen molar-refractivity contribution < 1.29 is 22.7 Å². The fraction of sp³-hybridized carbons (Fsp3) is 0.214. The van der Waals surface area contributed by atoms with Crippen molar-refractivity contribution in [2.45, 2.75) is 25.7 Å². The van der Waals surface area contributed by atoms with E-state index in [-0.39, 0.29) is 22.0 Å². The quantitative estimate of drug-likeness (QED) is 0.905. The molecule has 0 radical (unpaired) electrons. The zero-order chi connectivity index (χ0) is 15.8. The Kier molecular flexibility index (Phi) is 3.78. The SMILES string of the molecule is Cc1ccccc1NS(=O)(=O)c1c(C)oc(C)c1C(=O)O. The largest absolute Gasteiger partial charge is 0.478 e. The maximum absolute atomic E-state index is 12.5. The molecule has 1 aromatic heterocycles. The van der Waals surface area contributed by atoms with Crippen LogP contribution in [0.1, 0.15) is 27.4 Å². The van der Waals surface area contributed by atoms with Gasteiger partial charge in [0.05, 0.1) is 5.69 Å². The fourth-order valence-electron chi connectivity index (χ4n) is 2.12. The van der Waals surface area contributed by atoms with E-state index in [4.69, 9.17) is 4.42 Å². The van der Waals surface area contributed by atoms with Gasteiger partial charge in [0.1, 0.15) is 22.0 Å². The number of hydrogen-bond donors (Lipinski definition) is 2. The van der Waals surface area contributed by atoms with Crippen LogP contribution in [0.5, 0.6) is 0 Å². The predicted octanol–water partition coefficient (Wildman–Crippen LogP) is 2.70. The summed E-state index contributed by atoms with van der Waals surface area (Å²) in [5.41, 5.74) is 0.788. The van der Waals surface area contributed by atoms with Crippen molar-refractivity contribution >= 4 is 21.7 Å². The number of nitrogens with one attached hydrogen (secondary N) is 1. The van der Waals surface area contributed by atoms with Crippen molar-refractivity contribution in [1.29, 1.82) is 0 Å². The Morgan fingerprint density at radius 3 is 2.33 bits per heavy atom. The lowest BCUT2D eigenvalue weighted by molar-refractivity contribution is 0.0691. The number of rotatable bonds is 4. The summed E-state index contributed by atoms with van der Waals surface area (Å²) in [4.78, 5) is 10.9. The third-order valence-electron chi connectivity index (χ3n) is 3.08. The molecule has 0 saturated carbocycles. The summed E-state index contributed by atoms with van der Waals surface area (Å²) < 4.78 is 32.5. The molecule has 0 unspecified atom stereocenters. The normalized spacial score (nSPS) is 11.4. The van der Waals surface area contributed by atoms with Crippen molar-refractivity contribution in [3.63, 3.8) is 0 Å². The number of aryl methyl sites for hydroxylation is 3. The standard InChI is InChI=1S/C14H15NO5S/c1-8-6-4-5-7-11(8)15-21(18,19)13-10(3)20-9(2)12(13)14(16)17/h4-7,15H,1-3H3,(H,16,17). The van der Waals surface area contributed by atoms with Crippen LogP contribution >= 0.6 is 0 Å². The van der Waals surface area contributed by atoms with Crippen molar-refractivity contribution in [1.82, 2.24) is 0 Å². The molecule has 0 fully saturated rings. The molecule has 0 bridgehead atoms. The summed E-state index contributed by atoms with van der Waals surface area (Å²) in [6.07, 6.45) is 0. The first-order chi connectivity index (χ1) is 9.74. The number of carboxylic acids is 1. The third kappa shape index (κ3) is 2.78. The number of furan rings is 1. The maximum Gasteiger partial charge on any atom is 0.340 e. The number of sulfonamides is 1. The molecule has 0 spiro atoms. The molecule has 0 aliphatic carbocycles. The van der Waals surface area contributed by atoms with Gasteiger partial charge in [-0.2, -0.15) is 0 Å². The van der Waals surface area contributed by atoms with Crippen molar-refractivity contribution in [2.75, 3.05) is 4.72 Å². The molecule has 0 saturated heterocycles. The average Bonchev–Trinajstić information content (AvgIpc) is 2.67. The Morgan fingerprint density at radius 1 is 1.14 bits per heavy atom. The van der Waals surface area contributed by atoms with E-state index in [1.54, 1.807) is 31.2 Å². The van der Waals surface area contributed by atoms with Gasteiger partial charge in [-0.3, -0.25) is 4.72 Å². The zero-order valence-electron chi connectivity index (χ0n) is 11.8. The Bertz CT molecular complexity index is 805.